The van der Waals surface area contributed by atoms with Crippen LogP contribution in [0.2, 0.25) is 0 Å². The number of benzene rings is 1. The second-order valence-electron chi connectivity index (χ2n) is 7.29. The van der Waals surface area contributed by atoms with Gasteiger partial charge >= 0.3 is 0 Å². The standard InChI is InChI=1S/C19H23N7O2S/c1-26-10-8-13(9-11-26)22-19-24-17(20)15-6-7-16(23-18(15)25-19)12-2-4-14(5-3-12)29(21,27)28/h2-7,13H,8-11H2,1H3,(H2,21,27,28)(H3,20,22,23,24,25). The molecule has 3 aromatic rings. The van der Waals surface area contributed by atoms with Crippen LogP contribution in [0.4, 0.5) is 11.8 Å². The first-order valence-electron chi connectivity index (χ1n) is 9.32. The van der Waals surface area contributed by atoms with Crippen LogP contribution < -0.4 is 16.2 Å². The number of nitrogens with one attached hydrogen (secondary N) is 1. The molecule has 5 N–H and O–H groups in total. The van der Waals surface area contributed by atoms with Crippen LogP contribution in [-0.4, -0.2) is 54.4 Å². The third-order valence-electron chi connectivity index (χ3n) is 5.12. The molecule has 1 aliphatic rings. The van der Waals surface area contributed by atoms with Gasteiger partial charge in [-0.1, -0.05) is 12.1 Å². The SMILES string of the molecule is CN1CCC(Nc2nc(N)c3ccc(-c4ccc(S(N)(=O)=O)cc4)nc3n2)CC1. The lowest BCUT2D eigenvalue weighted by Gasteiger charge is -2.29. The zero-order chi connectivity index (χ0) is 20.6. The lowest BCUT2D eigenvalue weighted by Crippen LogP contribution is -2.37. The number of sulfonamides is 1. The number of primary sulfonamides is 1. The van der Waals surface area contributed by atoms with Crippen molar-refractivity contribution in [3.8, 4) is 11.3 Å². The summed E-state index contributed by atoms with van der Waals surface area (Å²) in [5.74, 6) is 0.841. The summed E-state index contributed by atoms with van der Waals surface area (Å²) in [4.78, 5) is 15.9. The van der Waals surface area contributed by atoms with Gasteiger partial charge in [0.2, 0.25) is 16.0 Å². The van der Waals surface area contributed by atoms with Gasteiger partial charge in [0.25, 0.3) is 0 Å². The number of piperidine rings is 1. The molecule has 0 unspecified atom stereocenters. The van der Waals surface area contributed by atoms with Crippen LogP contribution >= 0.6 is 0 Å². The van der Waals surface area contributed by atoms with Crippen molar-refractivity contribution in [2.75, 3.05) is 31.2 Å². The van der Waals surface area contributed by atoms with Crippen molar-refractivity contribution >= 4 is 32.8 Å². The first-order chi connectivity index (χ1) is 13.8. The van der Waals surface area contributed by atoms with Crippen LogP contribution in [0, 0.1) is 0 Å². The lowest BCUT2D eigenvalue weighted by atomic mass is 10.1. The summed E-state index contributed by atoms with van der Waals surface area (Å²) in [6.07, 6.45) is 2.03. The Morgan fingerprint density at radius 2 is 1.72 bits per heavy atom. The maximum atomic E-state index is 11.4. The topological polar surface area (TPSA) is 140 Å². The van der Waals surface area contributed by atoms with E-state index in [1.165, 1.54) is 12.1 Å². The zero-order valence-corrected chi connectivity index (χ0v) is 16.9. The summed E-state index contributed by atoms with van der Waals surface area (Å²) >= 11 is 0. The van der Waals surface area contributed by atoms with E-state index in [1.54, 1.807) is 18.2 Å². The van der Waals surface area contributed by atoms with Gasteiger partial charge in [0, 0.05) is 11.6 Å². The molecule has 1 saturated heterocycles. The molecule has 0 spiro atoms. The maximum Gasteiger partial charge on any atom is 0.238 e. The Kier molecular flexibility index (Phi) is 5.07. The molecular formula is C19H23N7O2S. The number of rotatable bonds is 4. The van der Waals surface area contributed by atoms with Gasteiger partial charge in [-0.15, -0.1) is 0 Å². The summed E-state index contributed by atoms with van der Waals surface area (Å²) in [5.41, 5.74) is 8.01. The van der Waals surface area contributed by atoms with E-state index in [0.717, 1.165) is 31.5 Å². The van der Waals surface area contributed by atoms with Crippen molar-refractivity contribution < 1.29 is 8.42 Å². The largest absolute Gasteiger partial charge is 0.383 e. The average Bonchev–Trinajstić information content (AvgIpc) is 2.69. The quantitative estimate of drug-likeness (QED) is 0.583. The maximum absolute atomic E-state index is 11.4. The predicted octanol–water partition coefficient (Wildman–Crippen LogP) is 1.43. The molecular weight excluding hydrogens is 390 g/mol. The van der Waals surface area contributed by atoms with E-state index in [4.69, 9.17) is 10.9 Å². The first kappa shape index (κ1) is 19.5. The molecule has 0 atom stereocenters. The van der Waals surface area contributed by atoms with E-state index in [-0.39, 0.29) is 4.90 Å². The number of hydrogen-bond acceptors (Lipinski definition) is 8. The predicted molar refractivity (Wildman–Crippen MR) is 113 cm³/mol. The van der Waals surface area contributed by atoms with Crippen LogP contribution in [0.3, 0.4) is 0 Å². The summed E-state index contributed by atoms with van der Waals surface area (Å²) < 4.78 is 22.9. The Morgan fingerprint density at radius 1 is 1.03 bits per heavy atom. The summed E-state index contributed by atoms with van der Waals surface area (Å²) in [6.45, 7) is 2.05. The van der Waals surface area contributed by atoms with E-state index in [0.29, 0.717) is 34.5 Å². The van der Waals surface area contributed by atoms with Crippen LogP contribution in [0.5, 0.6) is 0 Å². The molecule has 0 radical (unpaired) electrons. The molecule has 3 heterocycles. The van der Waals surface area contributed by atoms with Gasteiger partial charge in [0.05, 0.1) is 16.0 Å². The minimum Gasteiger partial charge on any atom is -0.383 e. The van der Waals surface area contributed by atoms with Crippen molar-refractivity contribution in [3.63, 3.8) is 0 Å². The molecule has 0 bridgehead atoms. The molecule has 152 valence electrons. The number of nitrogen functional groups attached to an aromatic ring is 1. The van der Waals surface area contributed by atoms with Crippen molar-refractivity contribution in [3.05, 3.63) is 36.4 Å². The summed E-state index contributed by atoms with van der Waals surface area (Å²) in [7, 11) is -1.62. The molecule has 2 aromatic heterocycles. The normalized spacial score (nSPS) is 16.2. The van der Waals surface area contributed by atoms with Gasteiger partial charge in [0.15, 0.2) is 5.65 Å². The van der Waals surface area contributed by atoms with Crippen molar-refractivity contribution in [2.24, 2.45) is 5.14 Å². The van der Waals surface area contributed by atoms with Crippen molar-refractivity contribution in [1.29, 1.82) is 0 Å². The number of fused-ring (bicyclic) bond motifs is 1. The molecule has 9 nitrogen and oxygen atoms in total. The van der Waals surface area contributed by atoms with Crippen molar-refractivity contribution in [1.82, 2.24) is 19.9 Å². The van der Waals surface area contributed by atoms with Gasteiger partial charge in [-0.2, -0.15) is 9.97 Å². The van der Waals surface area contributed by atoms with Crippen LogP contribution in [0.1, 0.15) is 12.8 Å². The molecule has 29 heavy (non-hydrogen) atoms. The molecule has 1 aliphatic heterocycles. The highest BCUT2D eigenvalue weighted by molar-refractivity contribution is 7.89. The second kappa shape index (κ2) is 7.54. The Bertz CT molecular complexity index is 1140. The minimum atomic E-state index is -3.73. The van der Waals surface area contributed by atoms with E-state index in [2.05, 4.69) is 32.2 Å². The Balaban J connectivity index is 1.64. The Morgan fingerprint density at radius 3 is 2.38 bits per heavy atom. The van der Waals surface area contributed by atoms with E-state index in [9.17, 15) is 8.42 Å². The zero-order valence-electron chi connectivity index (χ0n) is 16.0. The fourth-order valence-corrected chi connectivity index (χ4v) is 3.92. The Labute approximate surface area is 169 Å². The highest BCUT2D eigenvalue weighted by atomic mass is 32.2. The monoisotopic (exact) mass is 413 g/mol. The van der Waals surface area contributed by atoms with Crippen molar-refractivity contribution in [2.45, 2.75) is 23.8 Å². The van der Waals surface area contributed by atoms with Gasteiger partial charge in [-0.3, -0.25) is 0 Å². The number of likely N-dealkylation sites (tertiary alicyclic amines) is 1. The molecule has 4 rings (SSSR count). The molecule has 1 aromatic carbocycles. The highest BCUT2D eigenvalue weighted by Crippen LogP contribution is 2.25. The third-order valence-corrected chi connectivity index (χ3v) is 6.05. The van der Waals surface area contributed by atoms with Crippen LogP contribution in [-0.2, 0) is 10.0 Å². The van der Waals surface area contributed by atoms with Gasteiger partial charge < -0.3 is 16.0 Å². The summed E-state index contributed by atoms with van der Waals surface area (Å²) in [5, 5.41) is 9.19. The average molecular weight is 414 g/mol. The number of hydrogen-bond donors (Lipinski definition) is 3. The number of nitrogens with two attached hydrogens (primary N) is 2. The number of aromatic nitrogens is 3. The highest BCUT2D eigenvalue weighted by Gasteiger charge is 2.18. The van der Waals surface area contributed by atoms with Gasteiger partial charge in [0.1, 0.15) is 5.82 Å². The summed E-state index contributed by atoms with van der Waals surface area (Å²) in [6, 6.07) is 10.2. The third kappa shape index (κ3) is 4.29. The Hall–Kier alpha value is -2.82. The smallest absolute Gasteiger partial charge is 0.238 e. The molecule has 0 saturated carbocycles. The van der Waals surface area contributed by atoms with E-state index < -0.39 is 10.0 Å². The van der Waals surface area contributed by atoms with Gasteiger partial charge in [-0.05, 0) is 57.2 Å². The number of nitrogens with zero attached hydrogens (tertiary/aromatic N) is 4. The first-order valence-corrected chi connectivity index (χ1v) is 10.9. The second-order valence-corrected chi connectivity index (χ2v) is 8.85. The lowest BCUT2D eigenvalue weighted by molar-refractivity contribution is 0.263. The molecule has 10 heteroatoms. The van der Waals surface area contributed by atoms with E-state index in [1.807, 2.05) is 6.07 Å². The van der Waals surface area contributed by atoms with Crippen LogP contribution in [0.25, 0.3) is 22.3 Å². The minimum absolute atomic E-state index is 0.0539. The number of pyridine rings is 1. The van der Waals surface area contributed by atoms with Gasteiger partial charge in [-0.25, -0.2) is 18.5 Å². The molecule has 1 fully saturated rings. The molecule has 0 amide bonds. The molecule has 0 aliphatic carbocycles. The van der Waals surface area contributed by atoms with E-state index >= 15 is 0 Å². The fourth-order valence-electron chi connectivity index (χ4n) is 3.41. The number of anilines is 2. The van der Waals surface area contributed by atoms with Crippen LogP contribution in [0.15, 0.2) is 41.3 Å². The fraction of sp³-hybridized carbons (Fsp3) is 0.316.